The molecule has 0 aliphatic heterocycles. The van der Waals surface area contributed by atoms with Crippen LogP contribution in [0.15, 0.2) is 32.5 Å². The molecule has 3 aromatic rings. The minimum atomic E-state index is -0.525. The lowest BCUT2D eigenvalue weighted by Gasteiger charge is -2.04. The molecule has 0 aliphatic carbocycles. The number of amides is 1. The van der Waals surface area contributed by atoms with Crippen LogP contribution in [0.3, 0.4) is 0 Å². The summed E-state index contributed by atoms with van der Waals surface area (Å²) in [4.78, 5) is 26.6. The molecule has 10 nitrogen and oxygen atoms in total. The average molecular weight is 341 g/mol. The first-order chi connectivity index (χ1) is 11.9. The van der Waals surface area contributed by atoms with Gasteiger partial charge in [-0.2, -0.15) is 14.9 Å². The number of hydrogen-bond donors (Lipinski definition) is 2. The third-order valence-electron chi connectivity index (χ3n) is 3.23. The maximum Gasteiger partial charge on any atom is 0.290 e. The maximum absolute atomic E-state index is 12.3. The lowest BCUT2D eigenvalue weighted by molar-refractivity contribution is 0.0947. The zero-order valence-corrected chi connectivity index (χ0v) is 13.8. The Labute approximate surface area is 141 Å². The summed E-state index contributed by atoms with van der Waals surface area (Å²) in [6.45, 7) is 5.05. The van der Waals surface area contributed by atoms with Crippen LogP contribution >= 0.6 is 0 Å². The Morgan fingerprint density at radius 3 is 2.80 bits per heavy atom. The molecule has 2 N–H and O–H groups in total. The lowest BCUT2D eigenvalue weighted by atomic mass is 10.3. The fourth-order valence-corrected chi connectivity index (χ4v) is 2.04. The highest BCUT2D eigenvalue weighted by Crippen LogP contribution is 2.08. The number of aryl methyl sites for hydroxylation is 3. The Balaban J connectivity index is 1.84. The first-order valence-electron chi connectivity index (χ1n) is 7.34. The van der Waals surface area contributed by atoms with Gasteiger partial charge in [-0.15, -0.1) is 10.2 Å². The van der Waals surface area contributed by atoms with Crippen molar-refractivity contribution >= 4 is 12.1 Å². The summed E-state index contributed by atoms with van der Waals surface area (Å²) in [7, 11) is 0. The fourth-order valence-electron chi connectivity index (χ4n) is 2.04. The highest BCUT2D eigenvalue weighted by atomic mass is 16.3. The van der Waals surface area contributed by atoms with Crippen molar-refractivity contribution in [1.29, 1.82) is 0 Å². The second-order valence-electron chi connectivity index (χ2n) is 5.29. The Morgan fingerprint density at radius 1 is 1.32 bits per heavy atom. The van der Waals surface area contributed by atoms with Gasteiger partial charge in [0, 0.05) is 0 Å². The molecule has 3 heterocycles. The van der Waals surface area contributed by atoms with Gasteiger partial charge in [0.2, 0.25) is 0 Å². The molecule has 3 aromatic heterocycles. The second kappa shape index (κ2) is 6.51. The number of rotatable bonds is 4. The highest BCUT2D eigenvalue weighted by Gasteiger charge is 2.17. The van der Waals surface area contributed by atoms with Crippen LogP contribution in [0, 0.1) is 20.8 Å². The molecule has 0 unspecified atom stereocenters. The Hall–Kier alpha value is -3.56. The number of carbonyl (C=O) groups excluding carboxylic acids is 1. The number of carbonyl (C=O) groups is 1. The predicted octanol–water partition coefficient (Wildman–Crippen LogP) is 0.633. The van der Waals surface area contributed by atoms with Gasteiger partial charge in [0.15, 0.2) is 0 Å². The first kappa shape index (κ1) is 16.3. The van der Waals surface area contributed by atoms with E-state index in [0.29, 0.717) is 11.5 Å². The molecule has 0 aliphatic rings. The summed E-state index contributed by atoms with van der Waals surface area (Å²) in [5.74, 6) is 0.766. The zero-order chi connectivity index (χ0) is 18.0. The third-order valence-corrected chi connectivity index (χ3v) is 3.23. The first-order valence-corrected chi connectivity index (χ1v) is 7.34. The molecule has 0 spiro atoms. The van der Waals surface area contributed by atoms with Crippen molar-refractivity contribution in [1.82, 2.24) is 30.4 Å². The monoisotopic (exact) mass is 341 g/mol. The SMILES string of the molecule is Cc1cc(C(=O)N/N=C\c2ccc(C)o2)n(-c2nnc(C)c(=O)[nH]2)n1. The molecule has 0 saturated carbocycles. The van der Waals surface area contributed by atoms with Gasteiger partial charge in [-0.3, -0.25) is 14.6 Å². The molecule has 0 atom stereocenters. The summed E-state index contributed by atoms with van der Waals surface area (Å²) < 4.78 is 6.52. The van der Waals surface area contributed by atoms with Crippen molar-refractivity contribution in [2.75, 3.05) is 0 Å². The van der Waals surface area contributed by atoms with Crippen LogP contribution < -0.4 is 11.0 Å². The van der Waals surface area contributed by atoms with Crippen molar-refractivity contribution in [2.24, 2.45) is 5.10 Å². The molecule has 0 bridgehead atoms. The summed E-state index contributed by atoms with van der Waals surface area (Å²) >= 11 is 0. The van der Waals surface area contributed by atoms with E-state index in [0.717, 1.165) is 5.76 Å². The Bertz CT molecular complexity index is 1010. The second-order valence-corrected chi connectivity index (χ2v) is 5.29. The van der Waals surface area contributed by atoms with E-state index in [1.165, 1.54) is 17.8 Å². The quantitative estimate of drug-likeness (QED) is 0.528. The van der Waals surface area contributed by atoms with Gasteiger partial charge in [-0.25, -0.2) is 5.43 Å². The van der Waals surface area contributed by atoms with Gasteiger partial charge in [0.25, 0.3) is 17.4 Å². The van der Waals surface area contributed by atoms with Crippen LogP contribution in [0.2, 0.25) is 0 Å². The number of hydrogen-bond acceptors (Lipinski definition) is 7. The number of nitrogens with zero attached hydrogens (tertiary/aromatic N) is 5. The number of nitrogens with one attached hydrogen (secondary N) is 2. The summed E-state index contributed by atoms with van der Waals surface area (Å²) in [6, 6.07) is 5.06. The topological polar surface area (TPSA) is 131 Å². The smallest absolute Gasteiger partial charge is 0.290 e. The van der Waals surface area contributed by atoms with Gasteiger partial charge < -0.3 is 4.42 Å². The summed E-state index contributed by atoms with van der Waals surface area (Å²) in [5.41, 5.74) is 2.91. The molecule has 0 saturated heterocycles. The molecule has 3 rings (SSSR count). The van der Waals surface area contributed by atoms with Crippen LogP contribution in [0.5, 0.6) is 0 Å². The molecule has 0 fully saturated rings. The Morgan fingerprint density at radius 2 is 2.12 bits per heavy atom. The molecule has 1 amide bonds. The third kappa shape index (κ3) is 3.52. The van der Waals surface area contributed by atoms with E-state index in [9.17, 15) is 9.59 Å². The number of aromatic nitrogens is 5. The van der Waals surface area contributed by atoms with Crippen molar-refractivity contribution in [3.8, 4) is 5.95 Å². The fraction of sp³-hybridized carbons (Fsp3) is 0.200. The summed E-state index contributed by atoms with van der Waals surface area (Å²) in [5, 5.41) is 15.6. The van der Waals surface area contributed by atoms with Crippen molar-refractivity contribution in [3.63, 3.8) is 0 Å². The van der Waals surface area contributed by atoms with E-state index < -0.39 is 11.5 Å². The largest absolute Gasteiger partial charge is 0.460 e. The van der Waals surface area contributed by atoms with Crippen molar-refractivity contribution in [2.45, 2.75) is 20.8 Å². The maximum atomic E-state index is 12.3. The van der Waals surface area contributed by atoms with Crippen LogP contribution in [-0.4, -0.2) is 37.1 Å². The van der Waals surface area contributed by atoms with Gasteiger partial charge in [-0.1, -0.05) is 0 Å². The van der Waals surface area contributed by atoms with E-state index in [2.05, 4.69) is 30.8 Å². The van der Waals surface area contributed by atoms with Gasteiger partial charge >= 0.3 is 0 Å². The molecule has 10 heteroatoms. The van der Waals surface area contributed by atoms with Crippen LogP contribution in [-0.2, 0) is 0 Å². The lowest BCUT2D eigenvalue weighted by Crippen LogP contribution is -2.24. The van der Waals surface area contributed by atoms with Crippen LogP contribution in [0.1, 0.15) is 33.4 Å². The standard InChI is InChI=1S/C15H15N7O3/c1-8-6-12(14(24)19-16-7-11-5-4-9(2)25-11)22(21-8)15-17-13(23)10(3)18-20-15/h4-7H,1-3H3,(H,19,24)(H,17,20,23)/b16-7-. The van der Waals surface area contributed by atoms with Crippen molar-refractivity contribution in [3.05, 3.63) is 57.2 Å². The predicted molar refractivity (Wildman–Crippen MR) is 87.8 cm³/mol. The number of hydrazone groups is 1. The average Bonchev–Trinajstić information content (AvgIpc) is 3.16. The van der Waals surface area contributed by atoms with Crippen LogP contribution in [0.25, 0.3) is 5.95 Å². The van der Waals surface area contributed by atoms with Crippen molar-refractivity contribution < 1.29 is 9.21 Å². The number of H-pyrrole nitrogens is 1. The summed E-state index contributed by atoms with van der Waals surface area (Å²) in [6.07, 6.45) is 1.38. The van der Waals surface area contributed by atoms with E-state index in [-0.39, 0.29) is 17.3 Å². The molecule has 0 radical (unpaired) electrons. The van der Waals surface area contributed by atoms with E-state index in [4.69, 9.17) is 4.42 Å². The van der Waals surface area contributed by atoms with E-state index in [1.54, 1.807) is 32.0 Å². The zero-order valence-electron chi connectivity index (χ0n) is 13.8. The van der Waals surface area contributed by atoms with Gasteiger partial charge in [0.05, 0.1) is 11.9 Å². The highest BCUT2D eigenvalue weighted by molar-refractivity contribution is 5.93. The molecular weight excluding hydrogens is 326 g/mol. The number of furan rings is 1. The van der Waals surface area contributed by atoms with Gasteiger partial charge in [-0.05, 0) is 39.0 Å². The van der Waals surface area contributed by atoms with Gasteiger partial charge in [0.1, 0.15) is 22.9 Å². The number of aromatic amines is 1. The van der Waals surface area contributed by atoms with E-state index in [1.807, 2.05) is 0 Å². The van der Waals surface area contributed by atoms with Crippen LogP contribution in [0.4, 0.5) is 0 Å². The molecule has 0 aromatic carbocycles. The van der Waals surface area contributed by atoms with E-state index >= 15 is 0 Å². The molecular formula is C15H15N7O3. The minimum Gasteiger partial charge on any atom is -0.460 e. The normalized spacial score (nSPS) is 11.2. The molecule has 25 heavy (non-hydrogen) atoms. The minimum absolute atomic E-state index is 0.0412. The molecule has 128 valence electrons. The Kier molecular flexibility index (Phi) is 4.25.